The Bertz CT molecular complexity index is 630. The van der Waals surface area contributed by atoms with Crippen molar-refractivity contribution in [3.63, 3.8) is 0 Å². The number of rotatable bonds is 5. The molecule has 96 valence electrons. The summed E-state index contributed by atoms with van der Waals surface area (Å²) in [5.74, 6) is 0. The Morgan fingerprint density at radius 2 is 1.95 bits per heavy atom. The zero-order valence-electron chi connectivity index (χ0n) is 11.5. The van der Waals surface area contributed by atoms with Gasteiger partial charge in [-0.05, 0) is 46.4 Å². The van der Waals surface area contributed by atoms with Crippen LogP contribution in [0.5, 0.6) is 0 Å². The van der Waals surface area contributed by atoms with Crippen LogP contribution in [0.25, 0.3) is 22.9 Å². The fourth-order valence-electron chi connectivity index (χ4n) is 2.37. The van der Waals surface area contributed by atoms with Crippen molar-refractivity contribution in [3.05, 3.63) is 72.3 Å². The second-order valence-electron chi connectivity index (χ2n) is 4.60. The molecule has 0 amide bonds. The molecule has 2 rings (SSSR count). The van der Waals surface area contributed by atoms with Gasteiger partial charge in [-0.2, -0.15) is 0 Å². The summed E-state index contributed by atoms with van der Waals surface area (Å²) in [5.41, 5.74) is 3.85. The van der Waals surface area contributed by atoms with Crippen molar-refractivity contribution in [1.29, 1.82) is 0 Å². The van der Waals surface area contributed by atoms with Crippen LogP contribution in [0.3, 0.4) is 0 Å². The lowest BCUT2D eigenvalue weighted by atomic mass is 9.96. The zero-order chi connectivity index (χ0) is 13.7. The second kappa shape index (κ2) is 6.19. The van der Waals surface area contributed by atoms with E-state index in [2.05, 4.69) is 62.6 Å². The van der Waals surface area contributed by atoms with Crippen molar-refractivity contribution < 1.29 is 0 Å². The molecule has 0 atom stereocenters. The molecule has 0 heterocycles. The fraction of sp³-hybridized carbons (Fsp3) is 0.158. The maximum absolute atomic E-state index is 3.95. The Balaban J connectivity index is 2.50. The van der Waals surface area contributed by atoms with Gasteiger partial charge in [0.15, 0.2) is 0 Å². The van der Waals surface area contributed by atoms with Crippen LogP contribution in [0.15, 0.2) is 55.6 Å². The van der Waals surface area contributed by atoms with Crippen molar-refractivity contribution in [2.45, 2.75) is 19.8 Å². The molecule has 0 bridgehead atoms. The van der Waals surface area contributed by atoms with Crippen LogP contribution in [-0.2, 0) is 6.42 Å². The van der Waals surface area contributed by atoms with Gasteiger partial charge in [-0.1, -0.05) is 62.1 Å². The third kappa shape index (κ3) is 2.85. The smallest absolute Gasteiger partial charge is 0.0108 e. The summed E-state index contributed by atoms with van der Waals surface area (Å²) in [5, 5.41) is 2.56. The molecule has 0 aromatic heterocycles. The van der Waals surface area contributed by atoms with E-state index < -0.39 is 0 Å². The highest BCUT2D eigenvalue weighted by Crippen LogP contribution is 2.25. The van der Waals surface area contributed by atoms with Crippen LogP contribution in [-0.4, -0.2) is 0 Å². The maximum Gasteiger partial charge on any atom is -0.0108 e. The predicted octanol–water partition coefficient (Wildman–Crippen LogP) is 5.63. The van der Waals surface area contributed by atoms with Gasteiger partial charge in [0.2, 0.25) is 0 Å². The molecule has 0 saturated heterocycles. The molecule has 0 nitrogen and oxygen atoms in total. The minimum atomic E-state index is 0.907. The zero-order valence-corrected chi connectivity index (χ0v) is 11.5. The van der Waals surface area contributed by atoms with E-state index in [-0.39, 0.29) is 0 Å². The Hall–Kier alpha value is -2.08. The molecule has 0 fully saturated rings. The molecule has 2 aromatic carbocycles. The maximum atomic E-state index is 3.95. The highest BCUT2D eigenvalue weighted by Gasteiger charge is 2.03. The Morgan fingerprint density at radius 1 is 1.11 bits per heavy atom. The van der Waals surface area contributed by atoms with Crippen LogP contribution in [0.1, 0.15) is 30.0 Å². The predicted molar refractivity (Wildman–Crippen MR) is 87.3 cm³/mol. The van der Waals surface area contributed by atoms with E-state index in [0.717, 1.165) is 12.8 Å². The molecule has 0 spiro atoms. The normalized spacial score (nSPS) is 11.0. The van der Waals surface area contributed by atoms with Crippen molar-refractivity contribution >= 4 is 22.9 Å². The van der Waals surface area contributed by atoms with E-state index in [4.69, 9.17) is 0 Å². The van der Waals surface area contributed by atoms with Crippen molar-refractivity contribution in [2.75, 3.05) is 0 Å². The molecule has 19 heavy (non-hydrogen) atoms. The van der Waals surface area contributed by atoms with Gasteiger partial charge < -0.3 is 0 Å². The lowest BCUT2D eigenvalue weighted by molar-refractivity contribution is 1.14. The van der Waals surface area contributed by atoms with Gasteiger partial charge in [0.1, 0.15) is 0 Å². The summed E-state index contributed by atoms with van der Waals surface area (Å²) in [6, 6.07) is 11.0. The summed E-state index contributed by atoms with van der Waals surface area (Å²) >= 11 is 0. The van der Waals surface area contributed by atoms with Crippen LogP contribution < -0.4 is 0 Å². The SMILES string of the molecule is C=CC/C=C/c1ccc2c(C=C)c(CC)ccc2c1. The molecule has 0 aliphatic rings. The Morgan fingerprint density at radius 3 is 2.63 bits per heavy atom. The first-order chi connectivity index (χ1) is 9.30. The van der Waals surface area contributed by atoms with Gasteiger partial charge in [-0.25, -0.2) is 0 Å². The van der Waals surface area contributed by atoms with Crippen molar-refractivity contribution in [2.24, 2.45) is 0 Å². The fourth-order valence-corrected chi connectivity index (χ4v) is 2.37. The molecule has 0 radical (unpaired) electrons. The van der Waals surface area contributed by atoms with E-state index in [1.807, 2.05) is 12.2 Å². The Labute approximate surface area is 115 Å². The van der Waals surface area contributed by atoms with Crippen LogP contribution >= 0.6 is 0 Å². The lowest BCUT2D eigenvalue weighted by Crippen LogP contribution is -1.88. The highest BCUT2D eigenvalue weighted by molar-refractivity contribution is 5.93. The molecule has 0 heteroatoms. The molecule has 0 unspecified atom stereocenters. The first kappa shape index (κ1) is 13.4. The monoisotopic (exact) mass is 248 g/mol. The summed E-state index contributed by atoms with van der Waals surface area (Å²) in [6.07, 6.45) is 10.1. The third-order valence-electron chi connectivity index (χ3n) is 3.37. The second-order valence-corrected chi connectivity index (χ2v) is 4.60. The van der Waals surface area contributed by atoms with Gasteiger partial charge in [0.05, 0.1) is 0 Å². The third-order valence-corrected chi connectivity index (χ3v) is 3.37. The molecular weight excluding hydrogens is 228 g/mol. The van der Waals surface area contributed by atoms with E-state index in [9.17, 15) is 0 Å². The molecular formula is C19H20. The topological polar surface area (TPSA) is 0 Å². The molecule has 0 aliphatic carbocycles. The average molecular weight is 248 g/mol. The minimum Gasteiger partial charge on any atom is -0.103 e. The standard InChI is InChI=1S/C19H20/c1-4-7-8-9-15-10-13-19-17(14-15)12-11-16(5-2)18(19)6-3/h4,6,8-14H,1,3,5,7H2,2H3/b9-8+. The number of fused-ring (bicyclic) bond motifs is 1. The summed E-state index contributed by atoms with van der Waals surface area (Å²) in [7, 11) is 0. The molecule has 0 saturated carbocycles. The van der Waals surface area contributed by atoms with Crippen molar-refractivity contribution in [3.8, 4) is 0 Å². The largest absolute Gasteiger partial charge is 0.103 e. The number of aryl methyl sites for hydroxylation is 1. The Kier molecular flexibility index (Phi) is 4.35. The van der Waals surface area contributed by atoms with Crippen LogP contribution in [0, 0.1) is 0 Å². The summed E-state index contributed by atoms with van der Waals surface area (Å²) in [4.78, 5) is 0. The van der Waals surface area contributed by atoms with Crippen molar-refractivity contribution in [1.82, 2.24) is 0 Å². The lowest BCUT2D eigenvalue weighted by Gasteiger charge is -2.09. The number of hydrogen-bond acceptors (Lipinski definition) is 0. The summed E-state index contributed by atoms with van der Waals surface area (Å²) < 4.78 is 0. The number of hydrogen-bond donors (Lipinski definition) is 0. The van der Waals surface area contributed by atoms with E-state index in [1.165, 1.54) is 27.5 Å². The van der Waals surface area contributed by atoms with E-state index in [1.54, 1.807) is 0 Å². The van der Waals surface area contributed by atoms with Gasteiger partial charge >= 0.3 is 0 Å². The van der Waals surface area contributed by atoms with Gasteiger partial charge in [0.25, 0.3) is 0 Å². The quantitative estimate of drug-likeness (QED) is 0.601. The van der Waals surface area contributed by atoms with Gasteiger partial charge in [0, 0.05) is 0 Å². The minimum absolute atomic E-state index is 0.907. The first-order valence-corrected chi connectivity index (χ1v) is 6.75. The molecule has 0 aliphatic heterocycles. The summed E-state index contributed by atoms with van der Waals surface area (Å²) in [6.45, 7) is 9.85. The molecule has 0 N–H and O–H groups in total. The van der Waals surface area contributed by atoms with Crippen LogP contribution in [0.4, 0.5) is 0 Å². The highest BCUT2D eigenvalue weighted by atomic mass is 14.1. The van der Waals surface area contributed by atoms with Gasteiger partial charge in [-0.15, -0.1) is 6.58 Å². The first-order valence-electron chi connectivity index (χ1n) is 6.75. The number of allylic oxidation sites excluding steroid dienone is 2. The van der Waals surface area contributed by atoms with Gasteiger partial charge in [-0.3, -0.25) is 0 Å². The number of benzene rings is 2. The van der Waals surface area contributed by atoms with Crippen LogP contribution in [0.2, 0.25) is 0 Å². The average Bonchev–Trinajstić information content (AvgIpc) is 2.46. The molecule has 2 aromatic rings. The van der Waals surface area contributed by atoms with E-state index >= 15 is 0 Å². The van der Waals surface area contributed by atoms with E-state index in [0.29, 0.717) is 0 Å².